The van der Waals surface area contributed by atoms with E-state index >= 15 is 0 Å². The van der Waals surface area contributed by atoms with E-state index in [1.807, 2.05) is 0 Å². The number of β-amino-alcohol motifs (C(OH)–C–C–N with tert-alkyl or cyclic N) is 1. The molecule has 0 aromatic heterocycles. The summed E-state index contributed by atoms with van der Waals surface area (Å²) in [5.41, 5.74) is -0.722. The molecule has 1 aromatic carbocycles. The molecule has 0 bridgehead atoms. The molecule has 0 aliphatic carbocycles. The van der Waals surface area contributed by atoms with Crippen molar-refractivity contribution in [3.63, 3.8) is 0 Å². The number of carboxylic acid groups (broad SMARTS) is 1. The number of aromatic carboxylic acids is 1. The molecular formula is C12H13BrFNO5S. The summed E-state index contributed by atoms with van der Waals surface area (Å²) in [5.74, 6) is -2.85. The molecule has 0 spiro atoms. The van der Waals surface area contributed by atoms with Crippen LogP contribution in [0, 0.1) is 5.82 Å². The van der Waals surface area contributed by atoms with Gasteiger partial charge in [-0.1, -0.05) is 15.9 Å². The number of aliphatic hydroxyl groups is 1. The van der Waals surface area contributed by atoms with Crippen LogP contribution in [0.4, 0.5) is 4.39 Å². The van der Waals surface area contributed by atoms with E-state index in [-0.39, 0.29) is 17.6 Å². The van der Waals surface area contributed by atoms with Gasteiger partial charge in [-0.05, 0) is 25.0 Å². The van der Waals surface area contributed by atoms with Gasteiger partial charge in [0.2, 0.25) is 10.0 Å². The van der Waals surface area contributed by atoms with Crippen LogP contribution in [-0.4, -0.2) is 48.1 Å². The van der Waals surface area contributed by atoms with Gasteiger partial charge in [0.1, 0.15) is 4.90 Å². The van der Waals surface area contributed by atoms with Gasteiger partial charge < -0.3 is 10.2 Å². The zero-order valence-electron chi connectivity index (χ0n) is 10.8. The molecule has 9 heteroatoms. The monoisotopic (exact) mass is 381 g/mol. The first kappa shape index (κ1) is 16.3. The fourth-order valence-corrected chi connectivity index (χ4v) is 4.42. The molecule has 116 valence electrons. The van der Waals surface area contributed by atoms with Crippen molar-refractivity contribution in [3.8, 4) is 0 Å². The van der Waals surface area contributed by atoms with Crippen molar-refractivity contribution in [1.29, 1.82) is 0 Å². The van der Waals surface area contributed by atoms with E-state index in [1.165, 1.54) is 0 Å². The van der Waals surface area contributed by atoms with Gasteiger partial charge in [-0.15, -0.1) is 0 Å². The number of aliphatic hydroxyl groups excluding tert-OH is 1. The lowest BCUT2D eigenvalue weighted by atomic mass is 10.1. The number of rotatable bonds is 3. The summed E-state index contributed by atoms with van der Waals surface area (Å²) in [6.45, 7) is 0.0322. The molecule has 2 N–H and O–H groups in total. The lowest BCUT2D eigenvalue weighted by Gasteiger charge is -2.29. The van der Waals surface area contributed by atoms with Crippen LogP contribution < -0.4 is 0 Å². The summed E-state index contributed by atoms with van der Waals surface area (Å²) in [6.07, 6.45) is 0.137. The van der Waals surface area contributed by atoms with Crippen molar-refractivity contribution in [2.24, 2.45) is 0 Å². The van der Waals surface area contributed by atoms with Gasteiger partial charge in [0, 0.05) is 17.6 Å². The normalized spacial score (nSPS) is 20.4. The van der Waals surface area contributed by atoms with E-state index in [2.05, 4.69) is 15.9 Å². The van der Waals surface area contributed by atoms with Crippen molar-refractivity contribution >= 4 is 31.9 Å². The van der Waals surface area contributed by atoms with Crippen LogP contribution >= 0.6 is 15.9 Å². The predicted molar refractivity (Wildman–Crippen MR) is 75.1 cm³/mol. The highest BCUT2D eigenvalue weighted by Gasteiger charge is 2.33. The van der Waals surface area contributed by atoms with Crippen LogP contribution in [0.15, 0.2) is 21.5 Å². The molecule has 1 heterocycles. The second kappa shape index (κ2) is 5.99. The molecule has 1 aromatic rings. The average molecular weight is 382 g/mol. The van der Waals surface area contributed by atoms with Gasteiger partial charge in [0.05, 0.1) is 11.7 Å². The molecular weight excluding hydrogens is 369 g/mol. The maximum atomic E-state index is 14.2. The topological polar surface area (TPSA) is 94.9 Å². The van der Waals surface area contributed by atoms with Crippen molar-refractivity contribution in [3.05, 3.63) is 28.0 Å². The predicted octanol–water partition coefficient (Wildman–Crippen LogP) is 1.43. The lowest BCUT2D eigenvalue weighted by Crippen LogP contribution is -2.42. The Morgan fingerprint density at radius 2 is 2.10 bits per heavy atom. The number of carboxylic acids is 1. The first-order valence-corrected chi connectivity index (χ1v) is 8.37. The van der Waals surface area contributed by atoms with E-state index < -0.39 is 38.4 Å². The minimum atomic E-state index is -4.20. The van der Waals surface area contributed by atoms with E-state index in [4.69, 9.17) is 5.11 Å². The van der Waals surface area contributed by atoms with Crippen molar-refractivity contribution in [2.75, 3.05) is 13.1 Å². The molecule has 1 fully saturated rings. The zero-order chi connectivity index (χ0) is 15.8. The van der Waals surface area contributed by atoms with Gasteiger partial charge in [0.25, 0.3) is 0 Å². The van der Waals surface area contributed by atoms with Crippen molar-refractivity contribution in [1.82, 2.24) is 4.31 Å². The Kier molecular flexibility index (Phi) is 4.66. The van der Waals surface area contributed by atoms with Crippen LogP contribution in [0.3, 0.4) is 0 Å². The van der Waals surface area contributed by atoms with Gasteiger partial charge in [-0.2, -0.15) is 4.31 Å². The molecule has 1 unspecified atom stereocenters. The molecule has 6 nitrogen and oxygen atoms in total. The number of hydrogen-bond acceptors (Lipinski definition) is 4. The second-order valence-corrected chi connectivity index (χ2v) is 7.55. The number of hydrogen-bond donors (Lipinski definition) is 2. The highest BCUT2D eigenvalue weighted by atomic mass is 79.9. The number of benzene rings is 1. The lowest BCUT2D eigenvalue weighted by molar-refractivity contribution is 0.0691. The standard InChI is InChI=1S/C12H13BrFNO5S/c13-7-4-9(12(17)18)11(14)10(5-7)21(19,20)15-3-1-2-8(16)6-15/h4-5,8,16H,1-3,6H2,(H,17,18). The Labute approximate surface area is 129 Å². The molecule has 1 aliphatic rings. The maximum Gasteiger partial charge on any atom is 0.338 e. The molecule has 1 saturated heterocycles. The van der Waals surface area contributed by atoms with E-state index in [9.17, 15) is 22.7 Å². The summed E-state index contributed by atoms with van der Waals surface area (Å²) in [4.78, 5) is 10.3. The van der Waals surface area contributed by atoms with Crippen LogP contribution in [0.25, 0.3) is 0 Å². The average Bonchev–Trinajstić information content (AvgIpc) is 2.40. The number of piperidine rings is 1. The third-order valence-corrected chi connectivity index (χ3v) is 5.53. The fraction of sp³-hybridized carbons (Fsp3) is 0.417. The van der Waals surface area contributed by atoms with Gasteiger partial charge in [0.15, 0.2) is 5.82 Å². The fourth-order valence-electron chi connectivity index (χ4n) is 2.19. The summed E-state index contributed by atoms with van der Waals surface area (Å²) in [6, 6.07) is 2.03. The van der Waals surface area contributed by atoms with E-state index in [0.29, 0.717) is 12.8 Å². The Hall–Kier alpha value is -1.03. The van der Waals surface area contributed by atoms with Gasteiger partial charge in [-0.25, -0.2) is 17.6 Å². The van der Waals surface area contributed by atoms with Crippen LogP contribution in [0.1, 0.15) is 23.2 Å². The molecule has 0 amide bonds. The Balaban J connectivity index is 2.52. The molecule has 0 saturated carbocycles. The molecule has 0 radical (unpaired) electrons. The Morgan fingerprint density at radius 3 is 2.67 bits per heavy atom. The van der Waals surface area contributed by atoms with Crippen LogP contribution in [-0.2, 0) is 10.0 Å². The van der Waals surface area contributed by atoms with E-state index in [1.54, 1.807) is 0 Å². The summed E-state index contributed by atoms with van der Waals surface area (Å²) < 4.78 is 40.2. The number of nitrogens with zero attached hydrogens (tertiary/aromatic N) is 1. The van der Waals surface area contributed by atoms with Crippen molar-refractivity contribution in [2.45, 2.75) is 23.8 Å². The molecule has 1 aliphatic heterocycles. The minimum Gasteiger partial charge on any atom is -0.478 e. The Bertz CT molecular complexity index is 678. The highest BCUT2D eigenvalue weighted by molar-refractivity contribution is 9.10. The first-order chi connectivity index (χ1) is 9.73. The summed E-state index contributed by atoms with van der Waals surface area (Å²) >= 11 is 2.98. The van der Waals surface area contributed by atoms with Crippen LogP contribution in [0.2, 0.25) is 0 Å². The van der Waals surface area contributed by atoms with Gasteiger partial charge >= 0.3 is 5.97 Å². The zero-order valence-corrected chi connectivity index (χ0v) is 13.2. The minimum absolute atomic E-state index is 0.128. The number of carbonyl (C=O) groups is 1. The smallest absolute Gasteiger partial charge is 0.338 e. The van der Waals surface area contributed by atoms with Crippen LogP contribution in [0.5, 0.6) is 0 Å². The molecule has 21 heavy (non-hydrogen) atoms. The summed E-state index contributed by atoms with van der Waals surface area (Å²) in [5, 5.41) is 18.5. The molecule has 1 atom stereocenters. The highest BCUT2D eigenvalue weighted by Crippen LogP contribution is 2.28. The summed E-state index contributed by atoms with van der Waals surface area (Å²) in [7, 11) is -4.20. The third kappa shape index (κ3) is 3.25. The number of sulfonamides is 1. The maximum absolute atomic E-state index is 14.2. The first-order valence-electron chi connectivity index (χ1n) is 6.14. The van der Waals surface area contributed by atoms with E-state index in [0.717, 1.165) is 16.4 Å². The third-order valence-electron chi connectivity index (χ3n) is 3.21. The molecule has 2 rings (SSSR count). The van der Waals surface area contributed by atoms with Gasteiger partial charge in [-0.3, -0.25) is 0 Å². The largest absolute Gasteiger partial charge is 0.478 e. The quantitative estimate of drug-likeness (QED) is 0.825. The Morgan fingerprint density at radius 1 is 1.43 bits per heavy atom. The second-order valence-electron chi connectivity index (χ2n) is 4.73. The number of halogens is 2. The SMILES string of the molecule is O=C(O)c1cc(Br)cc(S(=O)(=O)N2CCCC(O)C2)c1F. The van der Waals surface area contributed by atoms with Crippen molar-refractivity contribution < 1.29 is 27.8 Å².